The summed E-state index contributed by atoms with van der Waals surface area (Å²) in [6.45, 7) is 0.0796. The van der Waals surface area contributed by atoms with Crippen LogP contribution in [0.3, 0.4) is 0 Å². The molecule has 0 saturated heterocycles. The number of carbonyl (C=O) groups excluding carboxylic acids is 1. The smallest absolute Gasteiger partial charge is 0.312 e. The first-order chi connectivity index (χ1) is 16.5. The standard InChI is InChI=1S/C26H18O8/c1-30-20-8-14(9-21-26(20)33-12-32-21)17-10-22(28)34-19-7-6-16-24(29)18(11-31-25(16)23(17)19)13-2-4-15(27)5-3-13/h2-9,11,17,27H,10,12H2,1H3/t17-/m1/s1. The zero-order chi connectivity index (χ0) is 23.4. The molecule has 6 rings (SSSR count). The van der Waals surface area contributed by atoms with Gasteiger partial charge in [-0.1, -0.05) is 12.1 Å². The first-order valence-electron chi connectivity index (χ1n) is 10.6. The van der Waals surface area contributed by atoms with E-state index < -0.39 is 11.9 Å². The molecule has 0 bridgehead atoms. The van der Waals surface area contributed by atoms with Crippen molar-refractivity contribution >= 4 is 16.9 Å². The Balaban J connectivity index is 1.55. The zero-order valence-electron chi connectivity index (χ0n) is 18.0. The van der Waals surface area contributed by atoms with Crippen LogP contribution in [0.15, 0.2) is 64.0 Å². The van der Waals surface area contributed by atoms with E-state index in [2.05, 4.69) is 0 Å². The highest BCUT2D eigenvalue weighted by Crippen LogP contribution is 2.48. The van der Waals surface area contributed by atoms with Crippen LogP contribution in [-0.4, -0.2) is 25.0 Å². The van der Waals surface area contributed by atoms with E-state index in [1.807, 2.05) is 0 Å². The fourth-order valence-corrected chi connectivity index (χ4v) is 4.53. The molecule has 3 aromatic carbocycles. The van der Waals surface area contributed by atoms with Gasteiger partial charge in [-0.15, -0.1) is 0 Å². The molecule has 0 unspecified atom stereocenters. The Kier molecular flexibility index (Phi) is 4.48. The highest BCUT2D eigenvalue weighted by molar-refractivity contribution is 5.90. The molecule has 2 aliphatic rings. The minimum atomic E-state index is -0.453. The van der Waals surface area contributed by atoms with Gasteiger partial charge >= 0.3 is 5.97 Å². The quantitative estimate of drug-likeness (QED) is 0.357. The lowest BCUT2D eigenvalue weighted by Crippen LogP contribution is -2.22. The molecule has 0 spiro atoms. The normalized spacial score (nSPS) is 16.3. The number of ether oxygens (including phenoxy) is 4. The Morgan fingerprint density at radius 3 is 2.62 bits per heavy atom. The molecule has 0 radical (unpaired) electrons. The zero-order valence-corrected chi connectivity index (χ0v) is 18.0. The summed E-state index contributed by atoms with van der Waals surface area (Å²) >= 11 is 0. The topological polar surface area (TPSA) is 104 Å². The largest absolute Gasteiger partial charge is 0.508 e. The average molecular weight is 458 g/mol. The molecule has 0 saturated carbocycles. The molecule has 0 amide bonds. The second-order valence-corrected chi connectivity index (χ2v) is 8.07. The third-order valence-corrected chi connectivity index (χ3v) is 6.14. The Bertz CT molecular complexity index is 1520. The van der Waals surface area contributed by atoms with Crippen molar-refractivity contribution in [3.63, 3.8) is 0 Å². The maximum atomic E-state index is 13.4. The summed E-state index contributed by atoms with van der Waals surface area (Å²) in [5.41, 5.74) is 2.45. The second-order valence-electron chi connectivity index (χ2n) is 8.07. The van der Waals surface area contributed by atoms with Crippen LogP contribution >= 0.6 is 0 Å². The van der Waals surface area contributed by atoms with Crippen LogP contribution in [0.25, 0.3) is 22.1 Å². The summed E-state index contributed by atoms with van der Waals surface area (Å²) in [5, 5.41) is 9.92. The van der Waals surface area contributed by atoms with E-state index in [0.29, 0.717) is 50.7 Å². The van der Waals surface area contributed by atoms with E-state index >= 15 is 0 Å². The molecule has 1 N–H and O–H groups in total. The van der Waals surface area contributed by atoms with Gasteiger partial charge in [0.15, 0.2) is 11.5 Å². The molecule has 0 aliphatic carbocycles. The molecule has 3 heterocycles. The van der Waals surface area contributed by atoms with Crippen molar-refractivity contribution in [1.82, 2.24) is 0 Å². The summed E-state index contributed by atoms with van der Waals surface area (Å²) in [6, 6.07) is 13.1. The monoisotopic (exact) mass is 458 g/mol. The second kappa shape index (κ2) is 7.55. The predicted octanol–water partition coefficient (Wildman–Crippen LogP) is 4.34. The maximum Gasteiger partial charge on any atom is 0.312 e. The molecule has 170 valence electrons. The van der Waals surface area contributed by atoms with Gasteiger partial charge in [0, 0.05) is 11.5 Å². The third-order valence-electron chi connectivity index (χ3n) is 6.14. The van der Waals surface area contributed by atoms with Crippen molar-refractivity contribution in [3.8, 4) is 39.9 Å². The minimum Gasteiger partial charge on any atom is -0.508 e. The lowest BCUT2D eigenvalue weighted by atomic mass is 9.85. The molecule has 1 aromatic heterocycles. The summed E-state index contributed by atoms with van der Waals surface area (Å²) in [6.07, 6.45) is 1.45. The summed E-state index contributed by atoms with van der Waals surface area (Å²) < 4.78 is 28.0. The molecule has 2 aliphatic heterocycles. The SMILES string of the molecule is COc1cc([C@H]2CC(=O)Oc3ccc4c(=O)c(-c5ccc(O)cc5)coc4c32)cc2c1OCO2. The Hall–Kier alpha value is -4.46. The number of hydrogen-bond acceptors (Lipinski definition) is 8. The van der Waals surface area contributed by atoms with E-state index in [0.717, 1.165) is 5.56 Å². The van der Waals surface area contributed by atoms with E-state index in [9.17, 15) is 14.7 Å². The molecule has 8 heteroatoms. The van der Waals surface area contributed by atoms with Crippen LogP contribution in [0.1, 0.15) is 23.5 Å². The number of phenols is 1. The number of benzene rings is 3. The molecule has 0 fully saturated rings. The van der Waals surface area contributed by atoms with E-state index in [-0.39, 0.29) is 24.4 Å². The number of fused-ring (bicyclic) bond motifs is 4. The Morgan fingerprint density at radius 1 is 1.00 bits per heavy atom. The van der Waals surface area contributed by atoms with Crippen LogP contribution in [0.5, 0.6) is 28.7 Å². The number of phenolic OH excluding ortho intramolecular Hbond substituents is 1. The number of aromatic hydroxyl groups is 1. The number of rotatable bonds is 3. The number of hydrogen-bond donors (Lipinski definition) is 1. The van der Waals surface area contributed by atoms with Gasteiger partial charge in [-0.3, -0.25) is 9.59 Å². The Morgan fingerprint density at radius 2 is 1.82 bits per heavy atom. The van der Waals surface area contributed by atoms with E-state index in [4.69, 9.17) is 23.4 Å². The van der Waals surface area contributed by atoms with Crippen LogP contribution < -0.4 is 24.4 Å². The van der Waals surface area contributed by atoms with Crippen molar-refractivity contribution in [3.05, 3.63) is 76.1 Å². The first kappa shape index (κ1) is 20.2. The van der Waals surface area contributed by atoms with Crippen LogP contribution in [0, 0.1) is 0 Å². The molecular weight excluding hydrogens is 440 g/mol. The predicted molar refractivity (Wildman–Crippen MR) is 121 cm³/mol. The molecule has 8 nitrogen and oxygen atoms in total. The van der Waals surface area contributed by atoms with Crippen molar-refractivity contribution in [2.45, 2.75) is 12.3 Å². The van der Waals surface area contributed by atoms with Gasteiger partial charge in [-0.25, -0.2) is 0 Å². The number of esters is 1. The van der Waals surface area contributed by atoms with Crippen LogP contribution in [0.2, 0.25) is 0 Å². The van der Waals surface area contributed by atoms with E-state index in [1.165, 1.54) is 25.5 Å². The average Bonchev–Trinajstić information content (AvgIpc) is 3.32. The van der Waals surface area contributed by atoms with Crippen LogP contribution in [-0.2, 0) is 4.79 Å². The van der Waals surface area contributed by atoms with E-state index in [1.54, 1.807) is 36.4 Å². The van der Waals surface area contributed by atoms with Crippen molar-refractivity contribution in [2.75, 3.05) is 13.9 Å². The van der Waals surface area contributed by atoms with Gasteiger partial charge in [-0.2, -0.15) is 0 Å². The number of carbonyl (C=O) groups is 1. The third kappa shape index (κ3) is 3.07. The highest BCUT2D eigenvalue weighted by Gasteiger charge is 2.34. The van der Waals surface area contributed by atoms with Crippen LogP contribution in [0.4, 0.5) is 0 Å². The van der Waals surface area contributed by atoms with Gasteiger partial charge in [-0.05, 0) is 47.5 Å². The fraction of sp³-hybridized carbons (Fsp3) is 0.154. The van der Waals surface area contributed by atoms with Gasteiger partial charge in [0.05, 0.1) is 24.5 Å². The lowest BCUT2D eigenvalue weighted by Gasteiger charge is -2.26. The summed E-state index contributed by atoms with van der Waals surface area (Å²) in [7, 11) is 1.53. The summed E-state index contributed by atoms with van der Waals surface area (Å²) in [5.74, 6) is 1.11. The fourth-order valence-electron chi connectivity index (χ4n) is 4.53. The van der Waals surface area contributed by atoms with Gasteiger partial charge in [0.1, 0.15) is 23.3 Å². The lowest BCUT2D eigenvalue weighted by molar-refractivity contribution is -0.135. The maximum absolute atomic E-state index is 13.4. The van der Waals surface area contributed by atoms with Crippen molar-refractivity contribution in [2.24, 2.45) is 0 Å². The van der Waals surface area contributed by atoms with Crippen molar-refractivity contribution < 1.29 is 33.3 Å². The van der Waals surface area contributed by atoms with Gasteiger partial charge in [0.25, 0.3) is 0 Å². The first-order valence-corrected chi connectivity index (χ1v) is 10.6. The summed E-state index contributed by atoms with van der Waals surface area (Å²) in [4.78, 5) is 25.8. The van der Waals surface area contributed by atoms with Gasteiger partial charge < -0.3 is 28.5 Å². The molecule has 1 atom stereocenters. The Labute approximate surface area is 192 Å². The molecule has 34 heavy (non-hydrogen) atoms. The molecule has 4 aromatic rings. The highest BCUT2D eigenvalue weighted by atomic mass is 16.7. The van der Waals surface area contributed by atoms with Crippen molar-refractivity contribution in [1.29, 1.82) is 0 Å². The van der Waals surface area contributed by atoms with Gasteiger partial charge in [0.2, 0.25) is 18.0 Å². The molecular formula is C26H18O8. The minimum absolute atomic E-state index is 0.0539. The number of methoxy groups -OCH3 is 1.